The van der Waals surface area contributed by atoms with Crippen molar-refractivity contribution in [1.29, 1.82) is 5.26 Å². The molecule has 2 aliphatic rings. The summed E-state index contributed by atoms with van der Waals surface area (Å²) >= 11 is 0. The van der Waals surface area contributed by atoms with Crippen LogP contribution in [-0.4, -0.2) is 50.7 Å². The number of benzene rings is 2. The summed E-state index contributed by atoms with van der Waals surface area (Å²) in [5.74, 6) is -0.624. The van der Waals surface area contributed by atoms with Crippen LogP contribution in [-0.2, 0) is 22.1 Å². The SMILES string of the molecule is COC[C@@]12CCN(c3ccc(C#N)c(C(F)(F)F)c3)C[C@@H]1CN(C(=O)Cc1ccccc1F)C2. The minimum atomic E-state index is -4.63. The number of carbonyl (C=O) groups excluding carboxylic acids is 1. The fourth-order valence-corrected chi connectivity index (χ4v) is 5.21. The van der Waals surface area contributed by atoms with Gasteiger partial charge in [0.25, 0.3) is 0 Å². The Labute approximate surface area is 195 Å². The molecule has 0 N–H and O–H groups in total. The Bertz CT molecular complexity index is 1110. The molecular weight excluding hydrogens is 450 g/mol. The number of methoxy groups -OCH3 is 1. The molecule has 2 heterocycles. The number of anilines is 1. The maximum atomic E-state index is 14.0. The second-order valence-corrected chi connectivity index (χ2v) is 9.07. The van der Waals surface area contributed by atoms with Crippen molar-refractivity contribution in [3.63, 3.8) is 0 Å². The molecule has 2 atom stereocenters. The highest BCUT2D eigenvalue weighted by Gasteiger charge is 2.50. The van der Waals surface area contributed by atoms with E-state index in [9.17, 15) is 22.4 Å². The molecule has 0 saturated carbocycles. The first kappa shape index (κ1) is 24.0. The van der Waals surface area contributed by atoms with Gasteiger partial charge in [-0.25, -0.2) is 4.39 Å². The maximum absolute atomic E-state index is 14.0. The summed E-state index contributed by atoms with van der Waals surface area (Å²) < 4.78 is 59.9. The van der Waals surface area contributed by atoms with Crippen LogP contribution in [0.4, 0.5) is 23.2 Å². The van der Waals surface area contributed by atoms with Crippen LogP contribution in [0.1, 0.15) is 23.1 Å². The average molecular weight is 475 g/mol. The zero-order valence-electron chi connectivity index (χ0n) is 18.7. The summed E-state index contributed by atoms with van der Waals surface area (Å²) in [6.45, 7) is 2.27. The Balaban J connectivity index is 1.54. The number of fused-ring (bicyclic) bond motifs is 1. The Hall–Kier alpha value is -3.12. The molecule has 9 heteroatoms. The van der Waals surface area contributed by atoms with Crippen molar-refractivity contribution in [3.05, 3.63) is 65.0 Å². The zero-order valence-corrected chi connectivity index (χ0v) is 18.7. The molecule has 0 unspecified atom stereocenters. The van der Waals surface area contributed by atoms with E-state index in [1.54, 1.807) is 36.3 Å². The minimum Gasteiger partial charge on any atom is -0.384 e. The van der Waals surface area contributed by atoms with Crippen molar-refractivity contribution in [2.75, 3.05) is 44.8 Å². The third-order valence-electron chi connectivity index (χ3n) is 7.01. The molecule has 5 nitrogen and oxygen atoms in total. The van der Waals surface area contributed by atoms with E-state index in [1.807, 2.05) is 4.90 Å². The number of ether oxygens (including phenoxy) is 1. The molecular formula is C25H25F4N3O2. The lowest BCUT2D eigenvalue weighted by atomic mass is 9.73. The highest BCUT2D eigenvalue weighted by molar-refractivity contribution is 5.79. The maximum Gasteiger partial charge on any atom is 0.417 e. The van der Waals surface area contributed by atoms with Gasteiger partial charge < -0.3 is 14.5 Å². The molecule has 180 valence electrons. The summed E-state index contributed by atoms with van der Waals surface area (Å²) in [4.78, 5) is 16.6. The van der Waals surface area contributed by atoms with Crippen molar-refractivity contribution < 1.29 is 27.1 Å². The number of nitriles is 1. The summed E-state index contributed by atoms with van der Waals surface area (Å²) in [5.41, 5.74) is -0.937. The van der Waals surface area contributed by atoms with E-state index in [4.69, 9.17) is 10.00 Å². The Kier molecular flexibility index (Phi) is 6.54. The number of nitrogens with zero attached hydrogens (tertiary/aromatic N) is 3. The van der Waals surface area contributed by atoms with Gasteiger partial charge in [0, 0.05) is 50.3 Å². The van der Waals surface area contributed by atoms with Crippen molar-refractivity contribution in [3.8, 4) is 6.07 Å². The summed E-state index contributed by atoms with van der Waals surface area (Å²) in [6, 6.07) is 11.5. The molecule has 2 aromatic rings. The largest absolute Gasteiger partial charge is 0.417 e. The number of carbonyl (C=O) groups is 1. The van der Waals surface area contributed by atoms with E-state index in [-0.39, 0.29) is 23.7 Å². The third kappa shape index (κ3) is 4.60. The van der Waals surface area contributed by atoms with Crippen molar-refractivity contribution in [2.24, 2.45) is 11.3 Å². The molecule has 1 amide bonds. The van der Waals surface area contributed by atoms with Crippen molar-refractivity contribution >= 4 is 11.6 Å². The fourth-order valence-electron chi connectivity index (χ4n) is 5.21. The van der Waals surface area contributed by atoms with Crippen LogP contribution < -0.4 is 4.90 Å². The number of hydrogen-bond acceptors (Lipinski definition) is 4. The summed E-state index contributed by atoms with van der Waals surface area (Å²) in [6.07, 6.45) is -4.03. The lowest BCUT2D eigenvalue weighted by molar-refractivity contribution is -0.137. The van der Waals surface area contributed by atoms with Gasteiger partial charge in [0.05, 0.1) is 30.2 Å². The summed E-state index contributed by atoms with van der Waals surface area (Å²) in [7, 11) is 1.60. The molecule has 0 aromatic heterocycles. The number of hydrogen-bond donors (Lipinski definition) is 0. The molecule has 0 radical (unpaired) electrons. The van der Waals surface area contributed by atoms with Gasteiger partial charge in [-0.2, -0.15) is 18.4 Å². The lowest BCUT2D eigenvalue weighted by Gasteiger charge is -2.44. The number of alkyl halides is 3. The van der Waals surface area contributed by atoms with Gasteiger partial charge in [0.15, 0.2) is 0 Å². The molecule has 2 aromatic carbocycles. The standard InChI is InChI=1S/C25H25F4N3O2/c1-34-16-24-8-9-31(20-7-6-18(12-30)21(11-20)25(27,28)29)13-19(24)14-32(15-24)23(33)10-17-4-2-3-5-22(17)26/h2-7,11,19H,8-10,13-16H2,1H3/t19-,24+/m1/s1. The quantitative estimate of drug-likeness (QED) is 0.607. The van der Waals surface area contributed by atoms with E-state index in [2.05, 4.69) is 0 Å². The monoisotopic (exact) mass is 475 g/mol. The average Bonchev–Trinajstić information content (AvgIpc) is 3.18. The lowest BCUT2D eigenvalue weighted by Crippen LogP contribution is -2.49. The minimum absolute atomic E-state index is 0.0178. The Morgan fingerprint density at radius 3 is 2.68 bits per heavy atom. The number of likely N-dealkylation sites (tertiary alicyclic amines) is 1. The second kappa shape index (κ2) is 9.26. The zero-order chi connectivity index (χ0) is 24.5. The number of halogens is 4. The second-order valence-electron chi connectivity index (χ2n) is 9.07. The molecule has 2 saturated heterocycles. The number of piperidine rings is 1. The highest BCUT2D eigenvalue weighted by Crippen LogP contribution is 2.45. The Morgan fingerprint density at radius 2 is 2.00 bits per heavy atom. The van der Waals surface area contributed by atoms with Crippen LogP contribution in [0.3, 0.4) is 0 Å². The smallest absolute Gasteiger partial charge is 0.384 e. The van der Waals surface area contributed by atoms with Crippen LogP contribution in [0.15, 0.2) is 42.5 Å². The molecule has 2 aliphatic heterocycles. The molecule has 0 spiro atoms. The van der Waals surface area contributed by atoms with Gasteiger partial charge >= 0.3 is 6.18 Å². The third-order valence-corrected chi connectivity index (χ3v) is 7.01. The van der Waals surface area contributed by atoms with E-state index in [1.165, 1.54) is 18.2 Å². The molecule has 34 heavy (non-hydrogen) atoms. The van der Waals surface area contributed by atoms with Crippen LogP contribution >= 0.6 is 0 Å². The number of rotatable bonds is 5. The first-order valence-electron chi connectivity index (χ1n) is 11.0. The molecule has 0 aliphatic carbocycles. The van der Waals surface area contributed by atoms with Gasteiger partial charge in [-0.3, -0.25) is 4.79 Å². The van der Waals surface area contributed by atoms with Gasteiger partial charge in [0.2, 0.25) is 5.91 Å². The fraction of sp³-hybridized carbons (Fsp3) is 0.440. The normalized spacial score (nSPS) is 22.4. The topological polar surface area (TPSA) is 56.6 Å². The van der Waals surface area contributed by atoms with Crippen LogP contribution in [0.5, 0.6) is 0 Å². The Morgan fingerprint density at radius 1 is 1.24 bits per heavy atom. The first-order valence-corrected chi connectivity index (χ1v) is 11.0. The van der Waals surface area contributed by atoms with Crippen LogP contribution in [0, 0.1) is 28.5 Å². The van der Waals surface area contributed by atoms with Crippen molar-refractivity contribution in [2.45, 2.75) is 19.0 Å². The van der Waals surface area contributed by atoms with Crippen molar-refractivity contribution in [1.82, 2.24) is 4.90 Å². The van der Waals surface area contributed by atoms with Crippen LogP contribution in [0.25, 0.3) is 0 Å². The molecule has 4 rings (SSSR count). The van der Waals surface area contributed by atoms with E-state index in [0.29, 0.717) is 50.5 Å². The van der Waals surface area contributed by atoms with E-state index < -0.39 is 23.1 Å². The first-order chi connectivity index (χ1) is 16.2. The van der Waals surface area contributed by atoms with Gasteiger partial charge in [-0.1, -0.05) is 18.2 Å². The predicted molar refractivity (Wildman–Crippen MR) is 117 cm³/mol. The molecule has 2 fully saturated rings. The van der Waals surface area contributed by atoms with E-state index in [0.717, 1.165) is 6.07 Å². The van der Waals surface area contributed by atoms with Gasteiger partial charge in [0.1, 0.15) is 5.82 Å². The number of amides is 1. The summed E-state index contributed by atoms with van der Waals surface area (Å²) in [5, 5.41) is 9.06. The van der Waals surface area contributed by atoms with Gasteiger partial charge in [-0.15, -0.1) is 0 Å². The predicted octanol–water partition coefficient (Wildman–Crippen LogP) is 4.26. The van der Waals surface area contributed by atoms with Gasteiger partial charge in [-0.05, 0) is 36.2 Å². The van der Waals surface area contributed by atoms with E-state index >= 15 is 0 Å². The highest BCUT2D eigenvalue weighted by atomic mass is 19.4. The molecule has 0 bridgehead atoms. The van der Waals surface area contributed by atoms with Crippen LogP contribution in [0.2, 0.25) is 0 Å².